The molecule has 0 aliphatic rings. The Bertz CT molecular complexity index is 319. The summed E-state index contributed by atoms with van der Waals surface area (Å²) in [5.74, 6) is 0. The summed E-state index contributed by atoms with van der Waals surface area (Å²) in [4.78, 5) is 0. The second kappa shape index (κ2) is 8.04. The lowest BCUT2D eigenvalue weighted by atomic mass is 10.1. The van der Waals surface area contributed by atoms with Crippen LogP contribution < -0.4 is 0 Å². The molecule has 1 aromatic rings. The van der Waals surface area contributed by atoms with Crippen LogP contribution in [0.4, 0.5) is 0 Å². The first-order valence-corrected chi connectivity index (χ1v) is 5.63. The van der Waals surface area contributed by atoms with E-state index in [9.17, 15) is 0 Å². The van der Waals surface area contributed by atoms with Crippen LogP contribution in [0.1, 0.15) is 51.1 Å². The number of aromatic nitrogens is 2. The fourth-order valence-corrected chi connectivity index (χ4v) is 1.19. The van der Waals surface area contributed by atoms with E-state index < -0.39 is 0 Å². The zero-order valence-corrected chi connectivity index (χ0v) is 10.5. The fraction of sp³-hybridized carbons (Fsp3) is 0.462. The van der Waals surface area contributed by atoms with Crippen LogP contribution in [0.25, 0.3) is 12.2 Å². The lowest BCUT2D eigenvalue weighted by Gasteiger charge is -1.90. The van der Waals surface area contributed by atoms with E-state index >= 15 is 0 Å². The van der Waals surface area contributed by atoms with Gasteiger partial charge in [-0.05, 0) is 26.3 Å². The molecule has 0 radical (unpaired) electrons. The van der Waals surface area contributed by atoms with Gasteiger partial charge in [-0.2, -0.15) is 5.10 Å². The molecule has 0 saturated heterocycles. The number of H-pyrrole nitrogens is 1. The topological polar surface area (TPSA) is 28.7 Å². The Balaban J connectivity index is 0.000000921. The summed E-state index contributed by atoms with van der Waals surface area (Å²) < 4.78 is 0. The van der Waals surface area contributed by atoms with E-state index in [1.54, 1.807) is 0 Å². The normalized spacial score (nSPS) is 10.7. The van der Waals surface area contributed by atoms with Crippen molar-refractivity contribution in [3.63, 3.8) is 0 Å². The molecule has 0 fully saturated rings. The van der Waals surface area contributed by atoms with Crippen molar-refractivity contribution in [2.24, 2.45) is 0 Å². The minimum absolute atomic E-state index is 1.03. The van der Waals surface area contributed by atoms with E-state index in [2.05, 4.69) is 35.3 Å². The van der Waals surface area contributed by atoms with Crippen LogP contribution in [0, 0.1) is 6.92 Å². The van der Waals surface area contributed by atoms with E-state index in [1.807, 2.05) is 33.8 Å². The van der Waals surface area contributed by atoms with Crippen LogP contribution >= 0.6 is 0 Å². The molecular weight excluding hydrogens is 184 g/mol. The molecule has 1 rings (SSSR count). The van der Waals surface area contributed by atoms with Gasteiger partial charge in [0, 0.05) is 11.3 Å². The molecule has 15 heavy (non-hydrogen) atoms. The number of allylic oxidation sites excluding steroid dienone is 2. The van der Waals surface area contributed by atoms with E-state index in [-0.39, 0.29) is 0 Å². The SMILES string of the molecule is C/C=C\c1c(/C=C\CC)n[nH]c1C.CC. The average Bonchev–Trinajstić information content (AvgIpc) is 2.61. The van der Waals surface area contributed by atoms with Gasteiger partial charge in [-0.1, -0.05) is 39.0 Å². The third-order valence-electron chi connectivity index (χ3n) is 1.87. The molecule has 0 aromatic carbocycles. The van der Waals surface area contributed by atoms with Gasteiger partial charge in [0.2, 0.25) is 0 Å². The summed E-state index contributed by atoms with van der Waals surface area (Å²) in [6.07, 6.45) is 9.32. The van der Waals surface area contributed by atoms with Crippen molar-refractivity contribution in [2.45, 2.75) is 41.0 Å². The van der Waals surface area contributed by atoms with Crippen molar-refractivity contribution >= 4 is 12.2 Å². The molecule has 2 nitrogen and oxygen atoms in total. The van der Waals surface area contributed by atoms with Gasteiger partial charge in [-0.15, -0.1) is 0 Å². The van der Waals surface area contributed by atoms with Gasteiger partial charge in [0.15, 0.2) is 0 Å². The summed E-state index contributed by atoms with van der Waals surface area (Å²) >= 11 is 0. The van der Waals surface area contributed by atoms with Gasteiger partial charge in [0.1, 0.15) is 0 Å². The van der Waals surface area contributed by atoms with Gasteiger partial charge in [-0.3, -0.25) is 5.10 Å². The van der Waals surface area contributed by atoms with E-state index in [0.717, 1.165) is 17.8 Å². The highest BCUT2D eigenvalue weighted by Gasteiger charge is 2.02. The molecule has 0 amide bonds. The summed E-state index contributed by atoms with van der Waals surface area (Å²) in [6.45, 7) is 10.2. The van der Waals surface area contributed by atoms with E-state index in [4.69, 9.17) is 0 Å². The molecule has 0 atom stereocenters. The summed E-state index contributed by atoms with van der Waals surface area (Å²) in [6, 6.07) is 0. The van der Waals surface area contributed by atoms with Crippen LogP contribution in [0.5, 0.6) is 0 Å². The van der Waals surface area contributed by atoms with Crippen molar-refractivity contribution in [3.05, 3.63) is 29.1 Å². The zero-order chi connectivity index (χ0) is 11.7. The summed E-state index contributed by atoms with van der Waals surface area (Å²) in [5.41, 5.74) is 3.33. The zero-order valence-electron chi connectivity index (χ0n) is 10.5. The van der Waals surface area contributed by atoms with Crippen LogP contribution in [0.2, 0.25) is 0 Å². The highest BCUT2D eigenvalue weighted by molar-refractivity contribution is 5.63. The largest absolute Gasteiger partial charge is 0.282 e. The Morgan fingerprint density at radius 2 is 1.93 bits per heavy atom. The first-order valence-electron chi connectivity index (χ1n) is 5.63. The maximum atomic E-state index is 4.21. The maximum Gasteiger partial charge on any atom is 0.0920 e. The van der Waals surface area contributed by atoms with Crippen LogP contribution in [0.3, 0.4) is 0 Å². The number of aromatic amines is 1. The van der Waals surface area contributed by atoms with E-state index in [0.29, 0.717) is 0 Å². The minimum atomic E-state index is 1.03. The van der Waals surface area contributed by atoms with Gasteiger partial charge in [0.05, 0.1) is 5.69 Å². The Kier molecular flexibility index (Phi) is 7.33. The maximum absolute atomic E-state index is 4.21. The van der Waals surface area contributed by atoms with Gasteiger partial charge < -0.3 is 0 Å². The molecular formula is C13H22N2. The first-order chi connectivity index (χ1) is 7.29. The molecule has 0 aliphatic carbocycles. The number of nitrogens with zero attached hydrogens (tertiary/aromatic N) is 1. The lowest BCUT2D eigenvalue weighted by molar-refractivity contribution is 1.04. The van der Waals surface area contributed by atoms with Crippen LogP contribution in [-0.4, -0.2) is 10.2 Å². The van der Waals surface area contributed by atoms with E-state index in [1.165, 1.54) is 5.56 Å². The van der Waals surface area contributed by atoms with Crippen LogP contribution in [0.15, 0.2) is 12.2 Å². The predicted molar refractivity (Wildman–Crippen MR) is 68.7 cm³/mol. The Morgan fingerprint density at radius 1 is 1.27 bits per heavy atom. The lowest BCUT2D eigenvalue weighted by Crippen LogP contribution is -1.77. The molecule has 0 bridgehead atoms. The Morgan fingerprint density at radius 3 is 2.47 bits per heavy atom. The third kappa shape index (κ3) is 4.15. The number of nitrogens with one attached hydrogen (secondary N) is 1. The van der Waals surface area contributed by atoms with Crippen LogP contribution in [-0.2, 0) is 0 Å². The average molecular weight is 206 g/mol. The van der Waals surface area contributed by atoms with Gasteiger partial charge in [0.25, 0.3) is 0 Å². The molecule has 1 heterocycles. The van der Waals surface area contributed by atoms with Crippen molar-refractivity contribution < 1.29 is 0 Å². The Labute approximate surface area is 93.1 Å². The van der Waals surface area contributed by atoms with Crippen molar-refractivity contribution in [1.29, 1.82) is 0 Å². The molecule has 0 saturated carbocycles. The monoisotopic (exact) mass is 206 g/mol. The minimum Gasteiger partial charge on any atom is -0.282 e. The number of aryl methyl sites for hydroxylation is 1. The van der Waals surface area contributed by atoms with Crippen molar-refractivity contribution in [2.75, 3.05) is 0 Å². The molecule has 1 N–H and O–H groups in total. The smallest absolute Gasteiger partial charge is 0.0920 e. The molecule has 84 valence electrons. The number of hydrogen-bond acceptors (Lipinski definition) is 1. The van der Waals surface area contributed by atoms with Crippen molar-refractivity contribution in [1.82, 2.24) is 10.2 Å². The molecule has 2 heteroatoms. The molecule has 0 spiro atoms. The summed E-state index contributed by atoms with van der Waals surface area (Å²) in [5, 5.41) is 7.19. The first kappa shape index (κ1) is 13.7. The molecule has 0 aliphatic heterocycles. The summed E-state index contributed by atoms with van der Waals surface area (Å²) in [7, 11) is 0. The Hall–Kier alpha value is -1.31. The number of rotatable bonds is 3. The standard InChI is InChI=1S/C11H16N2.C2H6/c1-4-6-8-11-10(7-5-2)9(3)12-13-11;1-2/h5-8H,4H2,1-3H3,(H,12,13);1-2H3/b7-5-,8-6-;. The third-order valence-corrected chi connectivity index (χ3v) is 1.87. The number of hydrogen-bond donors (Lipinski definition) is 1. The quantitative estimate of drug-likeness (QED) is 0.788. The highest BCUT2D eigenvalue weighted by Crippen LogP contribution is 2.14. The van der Waals surface area contributed by atoms with Gasteiger partial charge >= 0.3 is 0 Å². The second-order valence-corrected chi connectivity index (χ2v) is 2.96. The van der Waals surface area contributed by atoms with Gasteiger partial charge in [-0.25, -0.2) is 0 Å². The fourth-order valence-electron chi connectivity index (χ4n) is 1.19. The molecule has 0 unspecified atom stereocenters. The second-order valence-electron chi connectivity index (χ2n) is 2.96. The predicted octanol–water partition coefficient (Wildman–Crippen LogP) is 4.20. The van der Waals surface area contributed by atoms with Crippen molar-refractivity contribution in [3.8, 4) is 0 Å². The highest BCUT2D eigenvalue weighted by atomic mass is 15.1. The molecule has 1 aromatic heterocycles.